The molecule has 1 aromatic rings. The van der Waals surface area contributed by atoms with Gasteiger partial charge in [-0.2, -0.15) is 4.98 Å². The average Bonchev–Trinajstić information content (AvgIpc) is 2.85. The lowest BCUT2D eigenvalue weighted by atomic mass is 9.84. The molecular formula is C14H25N3O. The monoisotopic (exact) mass is 251 g/mol. The maximum Gasteiger partial charge on any atom is 0.231 e. The molecule has 1 aliphatic rings. The normalized spacial score (nSPS) is 24.7. The molecule has 1 aliphatic carbocycles. The third-order valence-corrected chi connectivity index (χ3v) is 3.88. The Labute approximate surface area is 110 Å². The van der Waals surface area contributed by atoms with Gasteiger partial charge < -0.3 is 9.84 Å². The predicted octanol–water partition coefficient (Wildman–Crippen LogP) is 2.90. The minimum absolute atomic E-state index is 0.407. The van der Waals surface area contributed by atoms with Crippen molar-refractivity contribution in [3.05, 3.63) is 11.7 Å². The first kappa shape index (κ1) is 13.5. The fourth-order valence-corrected chi connectivity index (χ4v) is 2.71. The Balaban J connectivity index is 1.99. The van der Waals surface area contributed by atoms with E-state index in [4.69, 9.17) is 4.52 Å². The van der Waals surface area contributed by atoms with E-state index >= 15 is 0 Å². The van der Waals surface area contributed by atoms with Crippen molar-refractivity contribution < 1.29 is 4.52 Å². The Kier molecular flexibility index (Phi) is 4.75. The quantitative estimate of drug-likeness (QED) is 0.874. The van der Waals surface area contributed by atoms with E-state index in [1.54, 1.807) is 0 Å². The van der Waals surface area contributed by atoms with Gasteiger partial charge in [-0.25, -0.2) is 0 Å². The highest BCUT2D eigenvalue weighted by atomic mass is 16.5. The molecule has 0 saturated heterocycles. The van der Waals surface area contributed by atoms with Gasteiger partial charge in [0.15, 0.2) is 5.82 Å². The summed E-state index contributed by atoms with van der Waals surface area (Å²) in [6.07, 6.45) is 7.00. The zero-order valence-electron chi connectivity index (χ0n) is 11.8. The Bertz CT molecular complexity index is 362. The van der Waals surface area contributed by atoms with Crippen LogP contribution in [0.4, 0.5) is 0 Å². The summed E-state index contributed by atoms with van der Waals surface area (Å²) in [5.41, 5.74) is 0. The van der Waals surface area contributed by atoms with E-state index in [2.05, 4.69) is 29.3 Å². The second kappa shape index (κ2) is 6.32. The lowest BCUT2D eigenvalue weighted by Gasteiger charge is -2.28. The second-order valence-corrected chi connectivity index (χ2v) is 5.77. The van der Waals surface area contributed by atoms with Crippen molar-refractivity contribution in [1.29, 1.82) is 0 Å². The number of nitrogens with one attached hydrogen (secondary N) is 1. The largest absolute Gasteiger partial charge is 0.339 e. The molecule has 1 aromatic heterocycles. The van der Waals surface area contributed by atoms with Crippen molar-refractivity contribution in [2.24, 2.45) is 5.92 Å². The summed E-state index contributed by atoms with van der Waals surface area (Å²) in [6, 6.07) is 0.497. The van der Waals surface area contributed by atoms with Crippen LogP contribution in [0.2, 0.25) is 0 Å². The molecule has 18 heavy (non-hydrogen) atoms. The molecule has 2 atom stereocenters. The van der Waals surface area contributed by atoms with Crippen molar-refractivity contribution in [2.45, 2.75) is 64.3 Å². The molecule has 102 valence electrons. The Morgan fingerprint density at radius 2 is 2.11 bits per heavy atom. The first-order chi connectivity index (χ1) is 8.70. The molecule has 2 rings (SSSR count). The highest BCUT2D eigenvalue weighted by molar-refractivity contribution is 5.01. The van der Waals surface area contributed by atoms with Gasteiger partial charge in [-0.3, -0.25) is 0 Å². The molecular weight excluding hydrogens is 226 g/mol. The minimum Gasteiger partial charge on any atom is -0.339 e. The van der Waals surface area contributed by atoms with Gasteiger partial charge in [0, 0.05) is 12.5 Å². The van der Waals surface area contributed by atoms with Crippen molar-refractivity contribution in [3.8, 4) is 0 Å². The van der Waals surface area contributed by atoms with Crippen LogP contribution in [0.25, 0.3) is 0 Å². The molecule has 0 amide bonds. The van der Waals surface area contributed by atoms with Crippen molar-refractivity contribution in [3.63, 3.8) is 0 Å². The molecule has 0 radical (unpaired) electrons. The first-order valence-corrected chi connectivity index (χ1v) is 7.20. The number of hydrogen-bond donors (Lipinski definition) is 1. The van der Waals surface area contributed by atoms with E-state index < -0.39 is 0 Å². The lowest BCUT2D eigenvalue weighted by Crippen LogP contribution is -2.34. The zero-order chi connectivity index (χ0) is 13.0. The number of aryl methyl sites for hydroxylation is 1. The summed E-state index contributed by atoms with van der Waals surface area (Å²) in [7, 11) is 2.03. The second-order valence-electron chi connectivity index (χ2n) is 5.77. The van der Waals surface area contributed by atoms with Gasteiger partial charge in [-0.05, 0) is 32.2 Å². The third-order valence-electron chi connectivity index (χ3n) is 3.88. The summed E-state index contributed by atoms with van der Waals surface area (Å²) in [5, 5.41) is 7.50. The smallest absolute Gasteiger partial charge is 0.231 e. The minimum atomic E-state index is 0.407. The predicted molar refractivity (Wildman–Crippen MR) is 71.5 cm³/mol. The number of aromatic nitrogens is 2. The molecule has 4 heteroatoms. The molecule has 0 bridgehead atoms. The van der Waals surface area contributed by atoms with Crippen LogP contribution in [0.3, 0.4) is 0 Å². The SMILES string of the molecule is CNC1CCCCC1c1nc(CCC(C)C)no1. The van der Waals surface area contributed by atoms with Crippen LogP contribution in [0.5, 0.6) is 0 Å². The zero-order valence-corrected chi connectivity index (χ0v) is 11.8. The molecule has 1 fully saturated rings. The molecule has 0 aromatic carbocycles. The molecule has 1 saturated carbocycles. The number of rotatable bonds is 5. The van der Waals surface area contributed by atoms with Gasteiger partial charge in [0.1, 0.15) is 0 Å². The van der Waals surface area contributed by atoms with E-state index in [0.29, 0.717) is 17.9 Å². The lowest BCUT2D eigenvalue weighted by molar-refractivity contribution is 0.269. The molecule has 4 nitrogen and oxygen atoms in total. The fraction of sp³-hybridized carbons (Fsp3) is 0.857. The number of hydrogen-bond acceptors (Lipinski definition) is 4. The molecule has 1 heterocycles. The standard InChI is InChI=1S/C14H25N3O/c1-10(2)8-9-13-16-14(18-17-13)11-6-4-5-7-12(11)15-3/h10-12,15H,4-9H2,1-3H3. The molecule has 1 N–H and O–H groups in total. The van der Waals surface area contributed by atoms with E-state index in [9.17, 15) is 0 Å². The van der Waals surface area contributed by atoms with Gasteiger partial charge >= 0.3 is 0 Å². The molecule has 0 aliphatic heterocycles. The van der Waals surface area contributed by atoms with Crippen LogP contribution in [-0.2, 0) is 6.42 Å². The van der Waals surface area contributed by atoms with Crippen LogP contribution in [0.15, 0.2) is 4.52 Å². The summed E-state index contributed by atoms with van der Waals surface area (Å²) in [5.74, 6) is 2.81. The van der Waals surface area contributed by atoms with E-state index in [1.807, 2.05) is 7.05 Å². The van der Waals surface area contributed by atoms with Gasteiger partial charge in [0.2, 0.25) is 5.89 Å². The van der Waals surface area contributed by atoms with Crippen molar-refractivity contribution in [2.75, 3.05) is 7.05 Å². The van der Waals surface area contributed by atoms with Crippen LogP contribution >= 0.6 is 0 Å². The third kappa shape index (κ3) is 3.31. The highest BCUT2D eigenvalue weighted by Crippen LogP contribution is 2.32. The summed E-state index contributed by atoms with van der Waals surface area (Å²) >= 11 is 0. The maximum atomic E-state index is 5.47. The van der Waals surface area contributed by atoms with E-state index in [0.717, 1.165) is 31.0 Å². The van der Waals surface area contributed by atoms with Crippen molar-refractivity contribution in [1.82, 2.24) is 15.5 Å². The van der Waals surface area contributed by atoms with Crippen LogP contribution < -0.4 is 5.32 Å². The van der Waals surface area contributed by atoms with Gasteiger partial charge in [-0.15, -0.1) is 0 Å². The Hall–Kier alpha value is -0.900. The maximum absolute atomic E-state index is 5.47. The van der Waals surface area contributed by atoms with Gasteiger partial charge in [0.05, 0.1) is 5.92 Å². The van der Waals surface area contributed by atoms with Crippen molar-refractivity contribution >= 4 is 0 Å². The highest BCUT2D eigenvalue weighted by Gasteiger charge is 2.29. The summed E-state index contributed by atoms with van der Waals surface area (Å²) in [4.78, 5) is 4.59. The van der Waals surface area contributed by atoms with Crippen LogP contribution in [-0.4, -0.2) is 23.2 Å². The van der Waals surface area contributed by atoms with E-state index in [-0.39, 0.29) is 0 Å². The Morgan fingerprint density at radius 3 is 2.83 bits per heavy atom. The summed E-state index contributed by atoms with van der Waals surface area (Å²) in [6.45, 7) is 4.44. The van der Waals surface area contributed by atoms with Crippen LogP contribution in [0, 0.1) is 5.92 Å². The number of likely N-dealkylation sites (N-methyl/N-ethyl adjacent to an activating group) is 1. The van der Waals surface area contributed by atoms with E-state index in [1.165, 1.54) is 19.3 Å². The fourth-order valence-electron chi connectivity index (χ4n) is 2.71. The average molecular weight is 251 g/mol. The first-order valence-electron chi connectivity index (χ1n) is 7.20. The van der Waals surface area contributed by atoms with Gasteiger partial charge in [-0.1, -0.05) is 31.8 Å². The number of nitrogens with zero attached hydrogens (tertiary/aromatic N) is 2. The van der Waals surface area contributed by atoms with Gasteiger partial charge in [0.25, 0.3) is 0 Å². The summed E-state index contributed by atoms with van der Waals surface area (Å²) < 4.78 is 5.47. The molecule has 2 unspecified atom stereocenters. The Morgan fingerprint density at radius 1 is 1.33 bits per heavy atom. The molecule has 0 spiro atoms. The topological polar surface area (TPSA) is 51.0 Å². The van der Waals surface area contributed by atoms with Crippen LogP contribution in [0.1, 0.15) is 63.6 Å².